The van der Waals surface area contributed by atoms with E-state index >= 15 is 0 Å². The van der Waals surface area contributed by atoms with Crippen molar-refractivity contribution in [2.24, 2.45) is 5.92 Å². The predicted octanol–water partition coefficient (Wildman–Crippen LogP) is 1.94. The molecule has 1 aliphatic carbocycles. The summed E-state index contributed by atoms with van der Waals surface area (Å²) in [5.41, 5.74) is 0. The van der Waals surface area contributed by atoms with E-state index in [0.29, 0.717) is 18.8 Å². The van der Waals surface area contributed by atoms with Crippen molar-refractivity contribution < 1.29 is 14.7 Å². The number of carboxylic acid groups (broad SMARTS) is 1. The second kappa shape index (κ2) is 6.51. The lowest BCUT2D eigenvalue weighted by molar-refractivity contribution is -0.142. The van der Waals surface area contributed by atoms with Crippen LogP contribution in [-0.4, -0.2) is 23.0 Å². The van der Waals surface area contributed by atoms with Crippen LogP contribution < -0.4 is 5.32 Å². The Kier molecular flexibility index (Phi) is 5.29. The molecule has 0 aliphatic heterocycles. The largest absolute Gasteiger partial charge is 0.480 e. The summed E-state index contributed by atoms with van der Waals surface area (Å²) in [5.74, 6) is -0.564. The molecule has 0 aromatic rings. The van der Waals surface area contributed by atoms with Crippen molar-refractivity contribution >= 4 is 11.9 Å². The summed E-state index contributed by atoms with van der Waals surface area (Å²) < 4.78 is 0. The maximum Gasteiger partial charge on any atom is 0.326 e. The Bertz CT molecular complexity index is 247. The molecule has 0 unspecified atom stereocenters. The van der Waals surface area contributed by atoms with E-state index < -0.39 is 12.0 Å². The monoisotopic (exact) mass is 227 g/mol. The number of carboxylic acids is 1. The van der Waals surface area contributed by atoms with Gasteiger partial charge in [0.2, 0.25) is 5.91 Å². The van der Waals surface area contributed by atoms with Gasteiger partial charge in [0.05, 0.1) is 0 Å². The Morgan fingerprint density at radius 1 is 1.38 bits per heavy atom. The first-order valence-electron chi connectivity index (χ1n) is 6.15. The molecule has 0 spiro atoms. The van der Waals surface area contributed by atoms with Crippen LogP contribution >= 0.6 is 0 Å². The lowest BCUT2D eigenvalue weighted by atomic mass is 10.0. The fraction of sp³-hybridized carbons (Fsp3) is 0.833. The maximum atomic E-state index is 11.6. The Morgan fingerprint density at radius 2 is 2.00 bits per heavy atom. The smallest absolute Gasteiger partial charge is 0.326 e. The van der Waals surface area contributed by atoms with Crippen molar-refractivity contribution in [1.82, 2.24) is 5.32 Å². The SMILES string of the molecule is CCC[C@@H](NC(=O)CC1CCCC1)C(=O)O. The molecule has 0 saturated heterocycles. The first-order chi connectivity index (χ1) is 7.63. The minimum absolute atomic E-state index is 0.104. The molecule has 0 radical (unpaired) electrons. The highest BCUT2D eigenvalue weighted by Gasteiger charge is 2.22. The van der Waals surface area contributed by atoms with Crippen molar-refractivity contribution in [3.05, 3.63) is 0 Å². The van der Waals surface area contributed by atoms with Crippen LogP contribution in [0.2, 0.25) is 0 Å². The average Bonchev–Trinajstić information content (AvgIpc) is 2.69. The van der Waals surface area contributed by atoms with Crippen molar-refractivity contribution in [3.63, 3.8) is 0 Å². The highest BCUT2D eigenvalue weighted by molar-refractivity contribution is 5.83. The van der Waals surface area contributed by atoms with E-state index in [4.69, 9.17) is 5.11 Å². The van der Waals surface area contributed by atoms with Crippen LogP contribution in [0.1, 0.15) is 51.9 Å². The number of hydrogen-bond donors (Lipinski definition) is 2. The fourth-order valence-electron chi connectivity index (χ4n) is 2.28. The zero-order chi connectivity index (χ0) is 12.0. The van der Waals surface area contributed by atoms with Gasteiger partial charge in [-0.2, -0.15) is 0 Å². The Hall–Kier alpha value is -1.06. The molecule has 1 aliphatic rings. The Balaban J connectivity index is 2.32. The van der Waals surface area contributed by atoms with E-state index in [1.807, 2.05) is 6.92 Å². The van der Waals surface area contributed by atoms with E-state index in [1.165, 1.54) is 12.8 Å². The van der Waals surface area contributed by atoms with E-state index in [9.17, 15) is 9.59 Å². The lowest BCUT2D eigenvalue weighted by Crippen LogP contribution is -2.41. The zero-order valence-electron chi connectivity index (χ0n) is 9.87. The summed E-state index contributed by atoms with van der Waals surface area (Å²) in [6, 6.07) is -0.709. The molecule has 0 heterocycles. The Labute approximate surface area is 96.4 Å². The van der Waals surface area contributed by atoms with Crippen molar-refractivity contribution in [2.45, 2.75) is 57.9 Å². The topological polar surface area (TPSA) is 66.4 Å². The van der Waals surface area contributed by atoms with Gasteiger partial charge in [-0.1, -0.05) is 26.2 Å². The number of rotatable bonds is 6. The highest BCUT2D eigenvalue weighted by atomic mass is 16.4. The van der Waals surface area contributed by atoms with Crippen LogP contribution in [0.4, 0.5) is 0 Å². The maximum absolute atomic E-state index is 11.6. The summed E-state index contributed by atoms with van der Waals surface area (Å²) in [6.45, 7) is 1.92. The zero-order valence-corrected chi connectivity index (χ0v) is 9.87. The van der Waals surface area contributed by atoms with E-state index in [1.54, 1.807) is 0 Å². The molecule has 2 N–H and O–H groups in total. The molecular formula is C12H21NO3. The van der Waals surface area contributed by atoms with Gasteiger partial charge in [-0.15, -0.1) is 0 Å². The molecule has 0 aromatic heterocycles. The van der Waals surface area contributed by atoms with Crippen LogP contribution in [0.15, 0.2) is 0 Å². The molecule has 1 saturated carbocycles. The first kappa shape index (κ1) is 13.0. The summed E-state index contributed by atoms with van der Waals surface area (Å²) in [6.07, 6.45) is 6.39. The second-order valence-electron chi connectivity index (χ2n) is 4.60. The molecule has 4 heteroatoms. The molecule has 4 nitrogen and oxygen atoms in total. The van der Waals surface area contributed by atoms with Gasteiger partial charge in [0.1, 0.15) is 6.04 Å². The summed E-state index contributed by atoms with van der Waals surface area (Å²) in [4.78, 5) is 22.5. The van der Waals surface area contributed by atoms with Crippen LogP contribution in [0.3, 0.4) is 0 Å². The van der Waals surface area contributed by atoms with Gasteiger partial charge in [0, 0.05) is 6.42 Å². The number of hydrogen-bond acceptors (Lipinski definition) is 2. The van der Waals surface area contributed by atoms with Gasteiger partial charge in [-0.05, 0) is 25.2 Å². The van der Waals surface area contributed by atoms with Gasteiger partial charge in [0.25, 0.3) is 0 Å². The number of carbonyl (C=O) groups is 2. The van der Waals surface area contributed by atoms with Crippen LogP contribution in [0.5, 0.6) is 0 Å². The second-order valence-corrected chi connectivity index (χ2v) is 4.60. The lowest BCUT2D eigenvalue weighted by Gasteiger charge is -2.15. The van der Waals surface area contributed by atoms with Gasteiger partial charge >= 0.3 is 5.97 Å². The molecule has 0 bridgehead atoms. The molecule has 1 fully saturated rings. The van der Waals surface area contributed by atoms with Crippen molar-refractivity contribution in [1.29, 1.82) is 0 Å². The third-order valence-corrected chi connectivity index (χ3v) is 3.16. The van der Waals surface area contributed by atoms with Gasteiger partial charge in [0.15, 0.2) is 0 Å². The predicted molar refractivity (Wildman–Crippen MR) is 61.0 cm³/mol. The molecule has 16 heavy (non-hydrogen) atoms. The van der Waals surface area contributed by atoms with Gasteiger partial charge in [-0.25, -0.2) is 4.79 Å². The minimum atomic E-state index is -0.929. The number of nitrogens with one attached hydrogen (secondary N) is 1. The third kappa shape index (κ3) is 4.21. The third-order valence-electron chi connectivity index (χ3n) is 3.16. The number of carbonyl (C=O) groups excluding carboxylic acids is 1. The van der Waals surface area contributed by atoms with Crippen LogP contribution in [-0.2, 0) is 9.59 Å². The van der Waals surface area contributed by atoms with Crippen molar-refractivity contribution in [3.8, 4) is 0 Å². The molecular weight excluding hydrogens is 206 g/mol. The summed E-state index contributed by atoms with van der Waals surface area (Å²) in [7, 11) is 0. The molecule has 1 atom stereocenters. The van der Waals surface area contributed by atoms with Crippen molar-refractivity contribution in [2.75, 3.05) is 0 Å². The standard InChI is InChI=1S/C12H21NO3/c1-2-5-10(12(15)16)13-11(14)8-9-6-3-4-7-9/h9-10H,2-8H2,1H3,(H,13,14)(H,15,16)/t10-/m1/s1. The van der Waals surface area contributed by atoms with E-state index in [2.05, 4.69) is 5.32 Å². The minimum Gasteiger partial charge on any atom is -0.480 e. The number of amides is 1. The van der Waals surface area contributed by atoms with Gasteiger partial charge in [-0.3, -0.25) is 4.79 Å². The Morgan fingerprint density at radius 3 is 2.50 bits per heavy atom. The molecule has 1 amide bonds. The van der Waals surface area contributed by atoms with Gasteiger partial charge < -0.3 is 10.4 Å². The summed E-state index contributed by atoms with van der Waals surface area (Å²) >= 11 is 0. The number of aliphatic carboxylic acids is 1. The normalized spacial score (nSPS) is 18.3. The molecule has 0 aromatic carbocycles. The fourth-order valence-corrected chi connectivity index (χ4v) is 2.28. The van der Waals surface area contributed by atoms with Crippen LogP contribution in [0, 0.1) is 5.92 Å². The first-order valence-corrected chi connectivity index (χ1v) is 6.15. The summed E-state index contributed by atoms with van der Waals surface area (Å²) in [5, 5.41) is 11.5. The average molecular weight is 227 g/mol. The highest BCUT2D eigenvalue weighted by Crippen LogP contribution is 2.27. The molecule has 1 rings (SSSR count). The van der Waals surface area contributed by atoms with E-state index in [-0.39, 0.29) is 5.91 Å². The van der Waals surface area contributed by atoms with Crippen LogP contribution in [0.25, 0.3) is 0 Å². The molecule has 92 valence electrons. The van der Waals surface area contributed by atoms with E-state index in [0.717, 1.165) is 19.3 Å². The quantitative estimate of drug-likeness (QED) is 0.728.